The van der Waals surface area contributed by atoms with E-state index in [1.807, 2.05) is 22.9 Å². The zero-order valence-electron chi connectivity index (χ0n) is 21.0. The van der Waals surface area contributed by atoms with Gasteiger partial charge in [0.15, 0.2) is 5.69 Å². The van der Waals surface area contributed by atoms with E-state index in [0.29, 0.717) is 36.3 Å². The summed E-state index contributed by atoms with van der Waals surface area (Å²) in [6, 6.07) is 6.74. The predicted molar refractivity (Wildman–Crippen MR) is 132 cm³/mol. The number of nitrogens with one attached hydrogen (secondary N) is 2. The van der Waals surface area contributed by atoms with Crippen LogP contribution in [0.5, 0.6) is 11.5 Å². The fraction of sp³-hybridized carbons (Fsp3) is 0.577. The minimum absolute atomic E-state index is 0.174. The van der Waals surface area contributed by atoms with E-state index >= 15 is 0 Å². The van der Waals surface area contributed by atoms with Gasteiger partial charge in [-0.3, -0.25) is 14.3 Å². The number of likely N-dealkylation sites (N-methyl/N-ethyl adjacent to an activating group) is 1. The topological polar surface area (TPSA) is 94.5 Å². The van der Waals surface area contributed by atoms with Crippen LogP contribution in [0.3, 0.4) is 0 Å². The van der Waals surface area contributed by atoms with Crippen molar-refractivity contribution in [2.75, 3.05) is 21.3 Å². The number of methoxy groups -OCH3 is 2. The number of carbonyl (C=O) groups is 2. The van der Waals surface area contributed by atoms with Crippen molar-refractivity contribution in [1.82, 2.24) is 20.4 Å². The van der Waals surface area contributed by atoms with Gasteiger partial charge in [-0.15, -0.1) is 0 Å². The number of benzene rings is 1. The lowest BCUT2D eigenvalue weighted by Gasteiger charge is -2.26. The maximum absolute atomic E-state index is 13.3. The molecule has 186 valence electrons. The summed E-state index contributed by atoms with van der Waals surface area (Å²) in [4.78, 5) is 25.9. The molecule has 0 bridgehead atoms. The molecule has 0 spiro atoms. The van der Waals surface area contributed by atoms with Crippen molar-refractivity contribution in [2.45, 2.75) is 65.0 Å². The molecule has 34 heavy (non-hydrogen) atoms. The zero-order chi connectivity index (χ0) is 24.7. The summed E-state index contributed by atoms with van der Waals surface area (Å²) in [5, 5.41) is 10.3. The molecule has 0 unspecified atom stereocenters. The van der Waals surface area contributed by atoms with Crippen molar-refractivity contribution in [1.29, 1.82) is 0 Å². The second-order valence-electron chi connectivity index (χ2n) is 9.41. The van der Waals surface area contributed by atoms with E-state index < -0.39 is 6.04 Å². The summed E-state index contributed by atoms with van der Waals surface area (Å²) >= 11 is 0. The molecule has 1 heterocycles. The van der Waals surface area contributed by atoms with Crippen LogP contribution in [0.15, 0.2) is 24.3 Å². The summed E-state index contributed by atoms with van der Waals surface area (Å²) in [7, 11) is 4.81. The van der Waals surface area contributed by atoms with E-state index in [2.05, 4.69) is 29.6 Å². The van der Waals surface area contributed by atoms with Crippen molar-refractivity contribution in [3.05, 3.63) is 30.0 Å². The normalized spacial score (nSPS) is 15.1. The third-order valence-electron chi connectivity index (χ3n) is 6.40. The van der Waals surface area contributed by atoms with Gasteiger partial charge in [-0.25, -0.2) is 0 Å². The van der Waals surface area contributed by atoms with Crippen molar-refractivity contribution < 1.29 is 19.1 Å². The Hall–Kier alpha value is -3.03. The van der Waals surface area contributed by atoms with Crippen molar-refractivity contribution in [3.63, 3.8) is 0 Å². The molecule has 0 radical (unpaired) electrons. The van der Waals surface area contributed by atoms with Gasteiger partial charge in [0.05, 0.1) is 25.5 Å². The van der Waals surface area contributed by atoms with Crippen LogP contribution < -0.4 is 20.1 Å². The minimum Gasteiger partial charge on any atom is -0.496 e. The van der Waals surface area contributed by atoms with E-state index in [1.54, 1.807) is 27.3 Å². The molecule has 1 atom stereocenters. The number of rotatable bonds is 10. The molecular formula is C26H38N4O4. The molecule has 3 rings (SSSR count). The SMILES string of the molecule is CNC(=O)[C@H](CC1CCCCC1)NC(=O)c1cc(-c2c(OC)cccc2OC)n(CC(C)C)n1. The highest BCUT2D eigenvalue weighted by molar-refractivity contribution is 5.97. The standard InChI is InChI=1S/C26H38N4O4/c1-17(2)16-30-21(24-22(33-4)12-9-13-23(24)34-5)15-20(29-30)26(32)28-19(25(31)27-3)14-18-10-7-6-8-11-18/h9,12-13,15,17-19H,6-8,10-11,14,16H2,1-5H3,(H,27,31)(H,28,32)/t19-/m0/s1. The fourth-order valence-electron chi connectivity index (χ4n) is 4.71. The van der Waals surface area contributed by atoms with E-state index in [4.69, 9.17) is 9.47 Å². The first-order valence-electron chi connectivity index (χ1n) is 12.2. The molecule has 1 fully saturated rings. The third-order valence-corrected chi connectivity index (χ3v) is 6.40. The predicted octanol–water partition coefficient (Wildman–Crippen LogP) is 4.04. The molecule has 1 aliphatic carbocycles. The third kappa shape index (κ3) is 6.10. The Morgan fingerprint density at radius 3 is 2.32 bits per heavy atom. The monoisotopic (exact) mass is 470 g/mol. The number of amides is 2. The number of hydrogen-bond donors (Lipinski definition) is 2. The second kappa shape index (κ2) is 11.9. The number of aromatic nitrogens is 2. The van der Waals surface area contributed by atoms with Gasteiger partial charge in [0.2, 0.25) is 5.91 Å². The number of nitrogens with zero attached hydrogens (tertiary/aromatic N) is 2. The van der Waals surface area contributed by atoms with Crippen LogP contribution in [-0.4, -0.2) is 48.9 Å². The Labute approximate surface area is 202 Å². The van der Waals surface area contributed by atoms with Crippen molar-refractivity contribution >= 4 is 11.8 Å². The van der Waals surface area contributed by atoms with Crippen molar-refractivity contribution in [2.24, 2.45) is 11.8 Å². The van der Waals surface area contributed by atoms with Gasteiger partial charge >= 0.3 is 0 Å². The highest BCUT2D eigenvalue weighted by Crippen LogP contribution is 2.39. The molecule has 1 aliphatic rings. The highest BCUT2D eigenvalue weighted by atomic mass is 16.5. The summed E-state index contributed by atoms with van der Waals surface area (Å²) < 4.78 is 13.0. The van der Waals surface area contributed by atoms with Crippen LogP contribution in [0, 0.1) is 11.8 Å². The van der Waals surface area contributed by atoms with Gasteiger partial charge < -0.3 is 20.1 Å². The number of hydrogen-bond acceptors (Lipinski definition) is 5. The number of carbonyl (C=O) groups excluding carboxylic acids is 2. The van der Waals surface area contributed by atoms with Crippen molar-refractivity contribution in [3.8, 4) is 22.8 Å². The Balaban J connectivity index is 1.92. The first-order chi connectivity index (χ1) is 16.4. The lowest BCUT2D eigenvalue weighted by Crippen LogP contribution is -2.47. The van der Waals surface area contributed by atoms with Crippen LogP contribution in [0.1, 0.15) is 62.9 Å². The molecule has 8 heteroatoms. The van der Waals surface area contributed by atoms with E-state index in [0.717, 1.165) is 24.1 Å². The molecule has 1 aromatic carbocycles. The van der Waals surface area contributed by atoms with E-state index in [1.165, 1.54) is 19.3 Å². The molecule has 8 nitrogen and oxygen atoms in total. The maximum atomic E-state index is 13.3. The van der Waals surface area contributed by atoms with Gasteiger partial charge in [-0.05, 0) is 36.5 Å². The van der Waals surface area contributed by atoms with Crippen LogP contribution in [0.2, 0.25) is 0 Å². The first-order valence-corrected chi connectivity index (χ1v) is 12.2. The Morgan fingerprint density at radius 2 is 1.76 bits per heavy atom. The van der Waals surface area contributed by atoms with Gasteiger partial charge in [-0.1, -0.05) is 52.0 Å². The Bertz CT molecular complexity index is 957. The second-order valence-corrected chi connectivity index (χ2v) is 9.41. The quantitative estimate of drug-likeness (QED) is 0.547. The fourth-order valence-corrected chi connectivity index (χ4v) is 4.71. The van der Waals surface area contributed by atoms with E-state index in [9.17, 15) is 9.59 Å². The Kier molecular flexibility index (Phi) is 8.96. The van der Waals surface area contributed by atoms with Gasteiger partial charge in [0, 0.05) is 13.6 Å². The van der Waals surface area contributed by atoms with Crippen LogP contribution in [0.25, 0.3) is 11.3 Å². The number of ether oxygens (including phenoxy) is 2. The lowest BCUT2D eigenvalue weighted by molar-refractivity contribution is -0.123. The largest absolute Gasteiger partial charge is 0.496 e. The Morgan fingerprint density at radius 1 is 1.12 bits per heavy atom. The summed E-state index contributed by atoms with van der Waals surface area (Å²) in [6.45, 7) is 4.80. The van der Waals surface area contributed by atoms with E-state index in [-0.39, 0.29) is 17.5 Å². The molecule has 2 aromatic rings. The summed E-state index contributed by atoms with van der Waals surface area (Å²) in [5.74, 6) is 1.49. The molecule has 2 amide bonds. The smallest absolute Gasteiger partial charge is 0.272 e. The average molecular weight is 471 g/mol. The lowest BCUT2D eigenvalue weighted by atomic mass is 9.84. The van der Waals surface area contributed by atoms with Gasteiger partial charge in [0.25, 0.3) is 5.91 Å². The van der Waals surface area contributed by atoms with Crippen LogP contribution >= 0.6 is 0 Å². The minimum atomic E-state index is -0.583. The first kappa shape index (κ1) is 25.6. The molecular weight excluding hydrogens is 432 g/mol. The highest BCUT2D eigenvalue weighted by Gasteiger charge is 2.28. The summed E-state index contributed by atoms with van der Waals surface area (Å²) in [5.41, 5.74) is 1.74. The van der Waals surface area contributed by atoms with Gasteiger partial charge in [0.1, 0.15) is 17.5 Å². The molecule has 0 saturated heterocycles. The van der Waals surface area contributed by atoms with Gasteiger partial charge in [-0.2, -0.15) is 5.10 Å². The molecule has 1 aromatic heterocycles. The molecule has 2 N–H and O–H groups in total. The van der Waals surface area contributed by atoms with Crippen LogP contribution in [0.4, 0.5) is 0 Å². The average Bonchev–Trinajstić information content (AvgIpc) is 3.25. The summed E-state index contributed by atoms with van der Waals surface area (Å²) in [6.07, 6.45) is 6.46. The van der Waals surface area contributed by atoms with Crippen LogP contribution in [-0.2, 0) is 11.3 Å². The molecule has 0 aliphatic heterocycles. The zero-order valence-corrected chi connectivity index (χ0v) is 21.0. The molecule has 1 saturated carbocycles. The maximum Gasteiger partial charge on any atom is 0.272 e.